The van der Waals surface area contributed by atoms with E-state index in [1.807, 2.05) is 6.07 Å². The third-order valence-electron chi connectivity index (χ3n) is 10.7. The minimum absolute atomic E-state index is 0.870. The fourth-order valence-corrected chi connectivity index (χ4v) is 8.45. The molecule has 0 unspecified atom stereocenters. The van der Waals surface area contributed by atoms with Crippen molar-refractivity contribution in [1.82, 2.24) is 0 Å². The van der Waals surface area contributed by atoms with Crippen LogP contribution in [0.4, 0.5) is 0 Å². The van der Waals surface area contributed by atoms with E-state index in [0.29, 0.717) is 0 Å². The molecule has 10 aromatic rings. The van der Waals surface area contributed by atoms with Gasteiger partial charge < -0.3 is 8.83 Å². The van der Waals surface area contributed by atoms with Gasteiger partial charge >= 0.3 is 0 Å². The maximum Gasteiger partial charge on any atom is 0.147 e. The maximum absolute atomic E-state index is 6.84. The van der Waals surface area contributed by atoms with Crippen molar-refractivity contribution in [3.63, 3.8) is 0 Å². The minimum atomic E-state index is 0.870. The van der Waals surface area contributed by atoms with Gasteiger partial charge in [-0.25, -0.2) is 0 Å². The largest absolute Gasteiger partial charge is 0.456 e. The second-order valence-corrected chi connectivity index (χ2v) is 13.5. The lowest BCUT2D eigenvalue weighted by atomic mass is 9.84. The number of furan rings is 2. The van der Waals surface area contributed by atoms with Crippen molar-refractivity contribution in [3.05, 3.63) is 163 Å². The van der Waals surface area contributed by atoms with E-state index in [1.54, 1.807) is 0 Å². The average molecular weight is 639 g/mol. The first-order valence-corrected chi connectivity index (χ1v) is 17.4. The van der Waals surface area contributed by atoms with E-state index in [2.05, 4.69) is 152 Å². The van der Waals surface area contributed by atoms with Gasteiger partial charge in [-0.2, -0.15) is 0 Å². The summed E-state index contributed by atoms with van der Waals surface area (Å²) < 4.78 is 13.6. The zero-order valence-corrected chi connectivity index (χ0v) is 27.2. The molecule has 11 rings (SSSR count). The number of aryl methyl sites for hydroxylation is 1. The summed E-state index contributed by atoms with van der Waals surface area (Å²) in [5.74, 6) is 0.959. The van der Waals surface area contributed by atoms with E-state index in [4.69, 9.17) is 8.83 Å². The molecule has 0 saturated heterocycles. The molecule has 2 heteroatoms. The van der Waals surface area contributed by atoms with Gasteiger partial charge in [0.15, 0.2) is 0 Å². The summed E-state index contributed by atoms with van der Waals surface area (Å²) in [6.45, 7) is 0. The van der Waals surface area contributed by atoms with E-state index >= 15 is 0 Å². The number of benzene rings is 8. The first-order valence-electron chi connectivity index (χ1n) is 17.4. The smallest absolute Gasteiger partial charge is 0.147 e. The average Bonchev–Trinajstić information content (AvgIpc) is 3.74. The highest BCUT2D eigenvalue weighted by Crippen LogP contribution is 2.50. The number of rotatable bonds is 3. The Morgan fingerprint density at radius 2 is 1.04 bits per heavy atom. The standard InChI is InChI=1S/C48H30O2/c1-2-13-30-26-32(25-24-29(30)12-1)31-14-11-15-33(27-31)44-36-18-3-5-20-38(36)45(39-21-6-4-19-37(39)44)46-47-40(34-16-7-9-22-42(34)49-47)28-41-35-17-8-10-23-43(35)50-48(41)46/h1-7,9-16,18-28H,8,17H2. The van der Waals surface area contributed by atoms with Crippen LogP contribution in [0.5, 0.6) is 0 Å². The number of allylic oxidation sites excluding steroid dienone is 1. The summed E-state index contributed by atoms with van der Waals surface area (Å²) in [6, 6.07) is 52.7. The Hall–Kier alpha value is -6.38. The molecule has 8 aromatic carbocycles. The van der Waals surface area contributed by atoms with E-state index < -0.39 is 0 Å². The van der Waals surface area contributed by atoms with Crippen LogP contribution in [0.25, 0.3) is 105 Å². The topological polar surface area (TPSA) is 26.3 Å². The second-order valence-electron chi connectivity index (χ2n) is 13.5. The van der Waals surface area contributed by atoms with Crippen LogP contribution < -0.4 is 0 Å². The third-order valence-corrected chi connectivity index (χ3v) is 10.7. The maximum atomic E-state index is 6.84. The van der Waals surface area contributed by atoms with Crippen molar-refractivity contribution in [2.75, 3.05) is 0 Å². The van der Waals surface area contributed by atoms with Gasteiger partial charge in [-0.05, 0) is 97.8 Å². The van der Waals surface area contributed by atoms with Crippen LogP contribution >= 0.6 is 0 Å². The van der Waals surface area contributed by atoms with Gasteiger partial charge in [-0.3, -0.25) is 0 Å². The molecule has 0 fully saturated rings. The Labute approximate surface area is 288 Å². The lowest BCUT2D eigenvalue weighted by Gasteiger charge is -2.18. The summed E-state index contributed by atoms with van der Waals surface area (Å²) >= 11 is 0. The molecule has 2 heterocycles. The zero-order valence-electron chi connectivity index (χ0n) is 27.2. The van der Waals surface area contributed by atoms with Gasteiger partial charge in [0, 0.05) is 27.3 Å². The summed E-state index contributed by atoms with van der Waals surface area (Å²) in [7, 11) is 0. The molecule has 0 saturated carbocycles. The van der Waals surface area contributed by atoms with Gasteiger partial charge in [0.1, 0.15) is 22.5 Å². The van der Waals surface area contributed by atoms with Crippen molar-refractivity contribution in [3.8, 4) is 33.4 Å². The number of hydrogen-bond acceptors (Lipinski definition) is 2. The van der Waals surface area contributed by atoms with Crippen LogP contribution in [-0.4, -0.2) is 0 Å². The Balaban J connectivity index is 1.24. The Bertz CT molecular complexity index is 2980. The van der Waals surface area contributed by atoms with Crippen LogP contribution in [0.15, 0.2) is 161 Å². The van der Waals surface area contributed by atoms with Crippen LogP contribution in [-0.2, 0) is 6.42 Å². The molecule has 50 heavy (non-hydrogen) atoms. The molecular formula is C48H30O2. The fourth-order valence-electron chi connectivity index (χ4n) is 8.45. The molecule has 1 aliphatic rings. The summed E-state index contributed by atoms with van der Waals surface area (Å²) in [5.41, 5.74) is 11.0. The SMILES string of the molecule is C1=Cc2oc3c(-c4c5ccccc5c(-c5cccc(-c6ccc7ccccc7c6)c5)c5ccccc45)c4oc5ccccc5c4cc3c2CC1. The van der Waals surface area contributed by atoms with E-state index in [9.17, 15) is 0 Å². The number of fused-ring (bicyclic) bond motifs is 9. The highest BCUT2D eigenvalue weighted by Gasteiger charge is 2.27. The summed E-state index contributed by atoms with van der Waals surface area (Å²) in [6.07, 6.45) is 6.34. The highest BCUT2D eigenvalue weighted by atomic mass is 16.3. The molecule has 1 aliphatic carbocycles. The lowest BCUT2D eigenvalue weighted by Crippen LogP contribution is -1.92. The second kappa shape index (κ2) is 10.6. The van der Waals surface area contributed by atoms with Crippen molar-refractivity contribution >= 4 is 71.3 Å². The highest BCUT2D eigenvalue weighted by molar-refractivity contribution is 6.28. The quantitative estimate of drug-likeness (QED) is 0.180. The molecule has 0 radical (unpaired) electrons. The predicted molar refractivity (Wildman–Crippen MR) is 210 cm³/mol. The Morgan fingerprint density at radius 3 is 1.84 bits per heavy atom. The molecule has 0 N–H and O–H groups in total. The number of para-hydroxylation sites is 1. The Morgan fingerprint density at radius 1 is 0.400 bits per heavy atom. The summed E-state index contributed by atoms with van der Waals surface area (Å²) in [5, 5.41) is 10.7. The first-order chi connectivity index (χ1) is 24.8. The monoisotopic (exact) mass is 638 g/mol. The lowest BCUT2D eigenvalue weighted by molar-refractivity contribution is 0.595. The molecule has 0 amide bonds. The van der Waals surface area contributed by atoms with Crippen molar-refractivity contribution in [2.24, 2.45) is 0 Å². The normalized spacial score (nSPS) is 13.0. The first kappa shape index (κ1) is 27.6. The van der Waals surface area contributed by atoms with E-state index in [0.717, 1.165) is 57.3 Å². The van der Waals surface area contributed by atoms with Crippen LogP contribution in [0.1, 0.15) is 17.7 Å². The molecule has 2 aromatic heterocycles. The Kier molecular flexibility index (Phi) is 5.82. The van der Waals surface area contributed by atoms with Crippen LogP contribution in [0, 0.1) is 0 Å². The molecule has 0 atom stereocenters. The molecule has 0 spiro atoms. The third kappa shape index (κ3) is 3.96. The zero-order chi connectivity index (χ0) is 32.8. The molecule has 2 nitrogen and oxygen atoms in total. The molecular weight excluding hydrogens is 609 g/mol. The van der Waals surface area contributed by atoms with Gasteiger partial charge in [-0.1, -0.05) is 127 Å². The minimum Gasteiger partial charge on any atom is -0.456 e. The van der Waals surface area contributed by atoms with Gasteiger partial charge in [0.05, 0.1) is 5.56 Å². The van der Waals surface area contributed by atoms with Crippen molar-refractivity contribution < 1.29 is 8.83 Å². The number of hydrogen-bond donors (Lipinski definition) is 0. The molecule has 234 valence electrons. The van der Waals surface area contributed by atoms with Gasteiger partial charge in [-0.15, -0.1) is 0 Å². The van der Waals surface area contributed by atoms with Gasteiger partial charge in [0.25, 0.3) is 0 Å². The molecule has 0 aliphatic heterocycles. The van der Waals surface area contributed by atoms with Crippen LogP contribution in [0.2, 0.25) is 0 Å². The van der Waals surface area contributed by atoms with E-state index in [-0.39, 0.29) is 0 Å². The van der Waals surface area contributed by atoms with Crippen LogP contribution in [0.3, 0.4) is 0 Å². The predicted octanol–water partition coefficient (Wildman–Crippen LogP) is 13.8. The van der Waals surface area contributed by atoms with E-state index in [1.165, 1.54) is 65.5 Å². The molecule has 0 bridgehead atoms. The summed E-state index contributed by atoms with van der Waals surface area (Å²) in [4.78, 5) is 0. The van der Waals surface area contributed by atoms with Crippen molar-refractivity contribution in [1.29, 1.82) is 0 Å². The van der Waals surface area contributed by atoms with Gasteiger partial charge in [0.2, 0.25) is 0 Å². The fraction of sp³-hybridized carbons (Fsp3) is 0.0417. The van der Waals surface area contributed by atoms with Crippen molar-refractivity contribution in [2.45, 2.75) is 12.8 Å².